The minimum atomic E-state index is -0.527. The average molecular weight is 403 g/mol. The average Bonchev–Trinajstić information content (AvgIpc) is 3.02. The number of nitro benzene ring substituents is 1. The number of aryl methyl sites for hydroxylation is 1. The Morgan fingerprint density at radius 3 is 2.85 bits per heavy atom. The second kappa shape index (κ2) is 8.36. The van der Waals surface area contributed by atoms with Crippen LogP contribution in [0.4, 0.5) is 5.69 Å². The molecule has 0 radical (unpaired) electrons. The summed E-state index contributed by atoms with van der Waals surface area (Å²) in [7, 11) is 1.61. The van der Waals surface area contributed by atoms with Gasteiger partial charge >= 0.3 is 0 Å². The number of thiazole rings is 1. The van der Waals surface area contributed by atoms with E-state index in [1.165, 1.54) is 35.6 Å². The highest BCUT2D eigenvalue weighted by molar-refractivity contribution is 7.98. The van der Waals surface area contributed by atoms with E-state index in [0.29, 0.717) is 11.3 Å². The quantitative estimate of drug-likeness (QED) is 0.462. The first-order valence-electron chi connectivity index (χ1n) is 8.03. The second-order valence-corrected chi connectivity index (χ2v) is 7.58. The maximum atomic E-state index is 12.6. The first kappa shape index (κ1) is 19.1. The summed E-state index contributed by atoms with van der Waals surface area (Å²) in [5.74, 6) is 1.09. The number of methoxy groups -OCH3 is 1. The van der Waals surface area contributed by atoms with Gasteiger partial charge in [-0.1, -0.05) is 17.4 Å². The van der Waals surface area contributed by atoms with E-state index in [1.807, 2.05) is 29.0 Å². The van der Waals surface area contributed by atoms with Crippen molar-refractivity contribution in [3.05, 3.63) is 62.9 Å². The van der Waals surface area contributed by atoms with Crippen LogP contribution < -0.4 is 9.54 Å². The van der Waals surface area contributed by atoms with Crippen molar-refractivity contribution in [2.45, 2.75) is 6.54 Å². The fourth-order valence-corrected chi connectivity index (χ4v) is 3.96. The number of carbonyl (C=O) groups excluding carboxylic acids is 1. The molecule has 3 rings (SSSR count). The van der Waals surface area contributed by atoms with Crippen LogP contribution in [0, 0.1) is 10.1 Å². The Hall–Kier alpha value is -2.65. The molecular weight excluding hydrogens is 386 g/mol. The summed E-state index contributed by atoms with van der Waals surface area (Å²) in [6.45, 7) is 0.690. The minimum Gasteiger partial charge on any atom is -0.497 e. The Morgan fingerprint density at radius 2 is 2.15 bits per heavy atom. The molecule has 0 atom stereocenters. The van der Waals surface area contributed by atoms with E-state index < -0.39 is 10.8 Å². The molecule has 0 fully saturated rings. The largest absolute Gasteiger partial charge is 0.497 e. The normalized spacial score (nSPS) is 11.7. The van der Waals surface area contributed by atoms with Gasteiger partial charge in [0.15, 0.2) is 4.80 Å². The van der Waals surface area contributed by atoms with Gasteiger partial charge in [-0.2, -0.15) is 16.8 Å². The van der Waals surface area contributed by atoms with Gasteiger partial charge in [-0.15, -0.1) is 0 Å². The zero-order chi connectivity index (χ0) is 19.4. The highest BCUT2D eigenvalue weighted by atomic mass is 32.2. The highest BCUT2D eigenvalue weighted by Gasteiger charge is 2.13. The number of fused-ring (bicyclic) bond motifs is 1. The number of non-ortho nitro benzene ring substituents is 1. The molecule has 1 amide bonds. The predicted molar refractivity (Wildman–Crippen MR) is 108 cm³/mol. The lowest BCUT2D eigenvalue weighted by molar-refractivity contribution is -0.384. The molecule has 2 aromatic carbocycles. The molecule has 0 aliphatic heterocycles. The van der Waals surface area contributed by atoms with Gasteiger partial charge in [-0.3, -0.25) is 14.9 Å². The maximum absolute atomic E-state index is 12.6. The molecule has 0 saturated carbocycles. The van der Waals surface area contributed by atoms with E-state index in [1.54, 1.807) is 18.9 Å². The molecule has 0 spiro atoms. The van der Waals surface area contributed by atoms with Crippen molar-refractivity contribution in [1.82, 2.24) is 4.57 Å². The third kappa shape index (κ3) is 4.20. The van der Waals surface area contributed by atoms with Crippen LogP contribution in [0.15, 0.2) is 47.5 Å². The first-order valence-corrected chi connectivity index (χ1v) is 10.2. The molecular formula is C18H17N3O4S2. The summed E-state index contributed by atoms with van der Waals surface area (Å²) in [6.07, 6.45) is 2.01. The van der Waals surface area contributed by atoms with Crippen molar-refractivity contribution in [2.24, 2.45) is 4.99 Å². The van der Waals surface area contributed by atoms with Crippen LogP contribution in [0.5, 0.6) is 5.75 Å². The smallest absolute Gasteiger partial charge is 0.279 e. The Morgan fingerprint density at radius 1 is 1.33 bits per heavy atom. The van der Waals surface area contributed by atoms with Crippen molar-refractivity contribution in [2.75, 3.05) is 19.1 Å². The monoisotopic (exact) mass is 403 g/mol. The number of nitrogens with zero attached hydrogens (tertiary/aromatic N) is 3. The molecule has 1 heterocycles. The number of hydrogen-bond donors (Lipinski definition) is 0. The molecule has 7 nitrogen and oxygen atoms in total. The Balaban J connectivity index is 2.10. The number of aromatic nitrogens is 1. The maximum Gasteiger partial charge on any atom is 0.279 e. The summed E-state index contributed by atoms with van der Waals surface area (Å²) >= 11 is 3.10. The molecule has 0 bridgehead atoms. The fourth-order valence-electron chi connectivity index (χ4n) is 2.56. The zero-order valence-corrected chi connectivity index (χ0v) is 16.4. The van der Waals surface area contributed by atoms with E-state index in [2.05, 4.69) is 4.99 Å². The predicted octanol–water partition coefficient (Wildman–Crippen LogP) is 3.72. The standard InChI is InChI=1S/C18H17N3O4S2/c1-25-14-6-7-16-15(11-14)20(8-9-26-2)18(27-16)19-17(22)12-4-3-5-13(10-12)21(23)24/h3-7,10-11H,8-9H2,1-2H3. The number of nitro groups is 1. The number of thioether (sulfide) groups is 1. The number of ether oxygens (including phenoxy) is 1. The van der Waals surface area contributed by atoms with Crippen molar-refractivity contribution in [3.8, 4) is 5.75 Å². The Labute approximate surface area is 163 Å². The van der Waals surface area contributed by atoms with Crippen LogP contribution >= 0.6 is 23.1 Å². The molecule has 140 valence electrons. The molecule has 0 aliphatic carbocycles. The summed E-state index contributed by atoms with van der Waals surface area (Å²) in [6, 6.07) is 11.3. The molecule has 1 aromatic heterocycles. The van der Waals surface area contributed by atoms with Crippen molar-refractivity contribution in [3.63, 3.8) is 0 Å². The fraction of sp³-hybridized carbons (Fsp3) is 0.222. The van der Waals surface area contributed by atoms with E-state index in [-0.39, 0.29) is 11.3 Å². The second-order valence-electron chi connectivity index (χ2n) is 5.59. The summed E-state index contributed by atoms with van der Waals surface area (Å²) in [5, 5.41) is 10.9. The van der Waals surface area contributed by atoms with Crippen LogP contribution in [0.3, 0.4) is 0 Å². The third-order valence-corrected chi connectivity index (χ3v) is 5.56. The molecule has 3 aromatic rings. The molecule has 0 unspecified atom stereocenters. The lowest BCUT2D eigenvalue weighted by atomic mass is 10.2. The Kier molecular flexibility index (Phi) is 5.92. The van der Waals surface area contributed by atoms with E-state index in [9.17, 15) is 14.9 Å². The van der Waals surface area contributed by atoms with E-state index in [4.69, 9.17) is 4.74 Å². The summed E-state index contributed by atoms with van der Waals surface area (Å²) in [4.78, 5) is 27.8. The van der Waals surface area contributed by atoms with Crippen molar-refractivity contribution < 1.29 is 14.5 Å². The van der Waals surface area contributed by atoms with E-state index in [0.717, 1.165) is 21.7 Å². The SMILES string of the molecule is COc1ccc2sc(=NC(=O)c3cccc([N+](=O)[O-])c3)n(CCSC)c2c1. The van der Waals surface area contributed by atoms with Gasteiger partial charge in [0.25, 0.3) is 11.6 Å². The summed E-state index contributed by atoms with van der Waals surface area (Å²) in [5.41, 5.74) is 1.00. The van der Waals surface area contributed by atoms with Crippen LogP contribution in [0.1, 0.15) is 10.4 Å². The van der Waals surface area contributed by atoms with Gasteiger partial charge in [0, 0.05) is 36.1 Å². The van der Waals surface area contributed by atoms with Gasteiger partial charge in [0.05, 0.1) is 22.2 Å². The third-order valence-electron chi connectivity index (χ3n) is 3.91. The lowest BCUT2D eigenvalue weighted by Gasteiger charge is -2.05. The summed E-state index contributed by atoms with van der Waals surface area (Å²) < 4.78 is 8.27. The van der Waals surface area contributed by atoms with Gasteiger partial charge in [-0.05, 0) is 24.5 Å². The van der Waals surface area contributed by atoms with Gasteiger partial charge in [-0.25, -0.2) is 0 Å². The minimum absolute atomic E-state index is 0.132. The zero-order valence-electron chi connectivity index (χ0n) is 14.7. The molecule has 0 aliphatic rings. The molecule has 0 saturated heterocycles. The number of rotatable bonds is 6. The molecule has 0 N–H and O–H groups in total. The molecule has 9 heteroatoms. The van der Waals surface area contributed by atoms with Crippen molar-refractivity contribution >= 4 is 44.9 Å². The lowest BCUT2D eigenvalue weighted by Crippen LogP contribution is -2.18. The van der Waals surface area contributed by atoms with Crippen LogP contribution in [0.25, 0.3) is 10.2 Å². The topological polar surface area (TPSA) is 86.7 Å². The number of amides is 1. The number of benzene rings is 2. The van der Waals surface area contributed by atoms with Crippen LogP contribution in [-0.4, -0.2) is 34.5 Å². The Bertz CT molecular complexity index is 1070. The number of carbonyl (C=O) groups is 1. The van der Waals surface area contributed by atoms with Crippen molar-refractivity contribution in [1.29, 1.82) is 0 Å². The van der Waals surface area contributed by atoms with Gasteiger partial charge in [0.2, 0.25) is 0 Å². The van der Waals surface area contributed by atoms with Gasteiger partial charge in [0.1, 0.15) is 5.75 Å². The van der Waals surface area contributed by atoms with Crippen LogP contribution in [-0.2, 0) is 6.54 Å². The van der Waals surface area contributed by atoms with E-state index >= 15 is 0 Å². The number of hydrogen-bond acceptors (Lipinski definition) is 6. The van der Waals surface area contributed by atoms with Gasteiger partial charge < -0.3 is 9.30 Å². The van der Waals surface area contributed by atoms with Crippen LogP contribution in [0.2, 0.25) is 0 Å². The molecule has 27 heavy (non-hydrogen) atoms. The highest BCUT2D eigenvalue weighted by Crippen LogP contribution is 2.23. The first-order chi connectivity index (χ1) is 13.0.